The van der Waals surface area contributed by atoms with E-state index in [0.717, 1.165) is 11.3 Å². The summed E-state index contributed by atoms with van der Waals surface area (Å²) >= 11 is 3.83. The number of nitrogens with one attached hydrogen (secondary N) is 1. The van der Waals surface area contributed by atoms with Gasteiger partial charge in [0.1, 0.15) is 19.9 Å². The summed E-state index contributed by atoms with van der Waals surface area (Å²) in [4.78, 5) is 39.4. The molecule has 4 aromatic heterocycles. The largest absolute Gasteiger partial charge is 0.404 e. The standard InChI is InChI=1S/C20H17BrF2N8O4S/c1-8-10(6-25-29(8)2)9-5-12(17(22)23)26-20-14(9)15(16(36-20)18(24)33)27-13(32)3-4-30-7-11(21)19(28-30)31(34)35/h5-7,17H,3-4H2,1-2H3,(H2,24,33)(H,27,32). The molecule has 0 aliphatic rings. The van der Waals surface area contributed by atoms with Gasteiger partial charge >= 0.3 is 5.82 Å². The van der Waals surface area contributed by atoms with Crippen LogP contribution in [0.15, 0.2) is 22.9 Å². The highest BCUT2D eigenvalue weighted by Gasteiger charge is 2.26. The summed E-state index contributed by atoms with van der Waals surface area (Å²) < 4.78 is 30.2. The van der Waals surface area contributed by atoms with Crippen molar-refractivity contribution in [3.8, 4) is 11.1 Å². The SMILES string of the molecule is Cc1c(-c2cc(C(F)F)nc3sc(C(N)=O)c(NC(=O)CCn4cc(Br)c([N+](=O)[O-])n4)c23)cnn1C. The second kappa shape index (κ2) is 9.69. The molecular formula is C20H17BrF2N8O4S. The molecule has 36 heavy (non-hydrogen) atoms. The van der Waals surface area contributed by atoms with Crippen molar-refractivity contribution >= 4 is 60.8 Å². The van der Waals surface area contributed by atoms with E-state index in [0.29, 0.717) is 16.8 Å². The summed E-state index contributed by atoms with van der Waals surface area (Å²) in [5.74, 6) is -1.82. The molecule has 0 aliphatic carbocycles. The molecule has 12 nitrogen and oxygen atoms in total. The normalized spacial score (nSPS) is 11.4. The maximum absolute atomic E-state index is 13.6. The lowest BCUT2D eigenvalue weighted by Gasteiger charge is -2.10. The lowest BCUT2D eigenvalue weighted by atomic mass is 10.0. The quantitative estimate of drug-likeness (QED) is 0.234. The number of alkyl halides is 2. The minimum absolute atomic E-state index is 0.00536. The summed E-state index contributed by atoms with van der Waals surface area (Å²) in [7, 11) is 1.69. The Bertz CT molecular complexity index is 1530. The number of hydrogen-bond acceptors (Lipinski definition) is 8. The molecule has 0 fully saturated rings. The highest BCUT2D eigenvalue weighted by molar-refractivity contribution is 9.10. The van der Waals surface area contributed by atoms with Crippen LogP contribution in [-0.4, -0.2) is 41.3 Å². The Morgan fingerprint density at radius 1 is 1.36 bits per heavy atom. The first-order chi connectivity index (χ1) is 17.0. The van der Waals surface area contributed by atoms with Gasteiger partial charge in [0, 0.05) is 30.1 Å². The average Bonchev–Trinajstić information content (AvgIpc) is 3.47. The number of nitrogens with zero attached hydrogens (tertiary/aromatic N) is 6. The van der Waals surface area contributed by atoms with Gasteiger partial charge in [0.05, 0.1) is 29.7 Å². The molecule has 0 aromatic carbocycles. The Hall–Kier alpha value is -3.79. The van der Waals surface area contributed by atoms with E-state index in [-0.39, 0.29) is 38.2 Å². The van der Waals surface area contributed by atoms with Gasteiger partial charge in [-0.3, -0.25) is 14.3 Å². The molecule has 2 amide bonds. The molecule has 4 rings (SSSR count). The number of pyridine rings is 1. The van der Waals surface area contributed by atoms with E-state index in [1.807, 2.05) is 0 Å². The average molecular weight is 583 g/mol. The number of halogens is 3. The van der Waals surface area contributed by atoms with Crippen LogP contribution in [0.4, 0.5) is 20.3 Å². The first-order valence-corrected chi connectivity index (χ1v) is 11.8. The smallest absolute Gasteiger partial charge is 0.365 e. The van der Waals surface area contributed by atoms with Gasteiger partial charge in [-0.05, 0) is 39.4 Å². The van der Waals surface area contributed by atoms with Crippen molar-refractivity contribution < 1.29 is 23.3 Å². The highest BCUT2D eigenvalue weighted by Crippen LogP contribution is 2.43. The zero-order chi connectivity index (χ0) is 26.3. The molecule has 16 heteroatoms. The predicted molar refractivity (Wildman–Crippen MR) is 130 cm³/mol. The van der Waals surface area contributed by atoms with Crippen LogP contribution in [0.25, 0.3) is 21.3 Å². The van der Waals surface area contributed by atoms with E-state index >= 15 is 0 Å². The van der Waals surface area contributed by atoms with Crippen LogP contribution in [0.3, 0.4) is 0 Å². The van der Waals surface area contributed by atoms with Crippen molar-refractivity contribution in [2.24, 2.45) is 12.8 Å². The Morgan fingerprint density at radius 3 is 2.64 bits per heavy atom. The van der Waals surface area contributed by atoms with Gasteiger partial charge in [0.25, 0.3) is 12.3 Å². The molecule has 0 bridgehead atoms. The fraction of sp³-hybridized carbons (Fsp3) is 0.250. The van der Waals surface area contributed by atoms with Gasteiger partial charge in [-0.1, -0.05) is 0 Å². The van der Waals surface area contributed by atoms with Crippen molar-refractivity contribution in [3.63, 3.8) is 0 Å². The highest BCUT2D eigenvalue weighted by atomic mass is 79.9. The van der Waals surface area contributed by atoms with Crippen molar-refractivity contribution in [3.05, 3.63) is 49.3 Å². The number of aromatic nitrogens is 5. The van der Waals surface area contributed by atoms with Crippen LogP contribution < -0.4 is 11.1 Å². The number of amides is 2. The third kappa shape index (κ3) is 4.68. The number of anilines is 1. The number of aryl methyl sites for hydroxylation is 2. The molecule has 4 heterocycles. The van der Waals surface area contributed by atoms with Crippen molar-refractivity contribution in [1.29, 1.82) is 0 Å². The van der Waals surface area contributed by atoms with Crippen molar-refractivity contribution in [2.75, 3.05) is 5.32 Å². The number of rotatable bonds is 8. The molecule has 0 aliphatic heterocycles. The van der Waals surface area contributed by atoms with Gasteiger partial charge < -0.3 is 21.2 Å². The number of nitro groups is 1. The molecule has 4 aromatic rings. The summed E-state index contributed by atoms with van der Waals surface area (Å²) in [5.41, 5.74) is 6.58. The summed E-state index contributed by atoms with van der Waals surface area (Å²) in [6, 6.07) is 1.20. The molecule has 0 saturated carbocycles. The molecule has 188 valence electrons. The second-order valence-electron chi connectivity index (χ2n) is 7.63. The molecule has 0 atom stereocenters. The minimum Gasteiger partial charge on any atom is -0.365 e. The number of nitrogens with two attached hydrogens (primary N) is 1. The molecule has 0 spiro atoms. The number of hydrogen-bond donors (Lipinski definition) is 2. The van der Waals surface area contributed by atoms with Crippen LogP contribution in [0.1, 0.15) is 33.9 Å². The Morgan fingerprint density at radius 2 is 2.08 bits per heavy atom. The van der Waals surface area contributed by atoms with Crippen LogP contribution in [0.5, 0.6) is 0 Å². The second-order valence-corrected chi connectivity index (χ2v) is 9.49. The van der Waals surface area contributed by atoms with Gasteiger partial charge in [0.15, 0.2) is 0 Å². The number of primary amides is 1. The molecule has 0 radical (unpaired) electrons. The van der Waals surface area contributed by atoms with E-state index < -0.39 is 34.7 Å². The van der Waals surface area contributed by atoms with E-state index in [9.17, 15) is 28.5 Å². The predicted octanol–water partition coefficient (Wildman–Crippen LogP) is 3.94. The maximum atomic E-state index is 13.6. The molecule has 0 unspecified atom stereocenters. The first-order valence-electron chi connectivity index (χ1n) is 10.2. The summed E-state index contributed by atoms with van der Waals surface area (Å²) in [6.45, 7) is 1.74. The van der Waals surface area contributed by atoms with Crippen molar-refractivity contribution in [1.82, 2.24) is 24.5 Å². The Labute approximate surface area is 213 Å². The maximum Gasteiger partial charge on any atom is 0.404 e. The lowest BCUT2D eigenvalue weighted by molar-refractivity contribution is -0.390. The van der Waals surface area contributed by atoms with Crippen LogP contribution in [0, 0.1) is 17.0 Å². The molecular weight excluding hydrogens is 566 g/mol. The number of thiophene rings is 1. The molecule has 3 N–H and O–H groups in total. The summed E-state index contributed by atoms with van der Waals surface area (Å²) in [5, 5.41) is 21.8. The van der Waals surface area contributed by atoms with Gasteiger partial charge in [-0.2, -0.15) is 9.78 Å². The Kier molecular flexibility index (Phi) is 6.81. The van der Waals surface area contributed by atoms with Gasteiger partial charge in [-0.15, -0.1) is 11.3 Å². The zero-order valence-electron chi connectivity index (χ0n) is 18.7. The first kappa shape index (κ1) is 25.3. The summed E-state index contributed by atoms with van der Waals surface area (Å²) in [6.07, 6.45) is -0.182. The number of carbonyl (C=O) groups is 2. The monoisotopic (exact) mass is 582 g/mol. The van der Waals surface area contributed by atoms with E-state index in [1.54, 1.807) is 18.7 Å². The zero-order valence-corrected chi connectivity index (χ0v) is 21.1. The minimum atomic E-state index is -2.88. The third-order valence-electron chi connectivity index (χ3n) is 5.36. The fourth-order valence-electron chi connectivity index (χ4n) is 3.54. The molecule has 0 saturated heterocycles. The fourth-order valence-corrected chi connectivity index (χ4v) is 5.02. The van der Waals surface area contributed by atoms with Crippen LogP contribution >= 0.6 is 27.3 Å². The van der Waals surface area contributed by atoms with Crippen molar-refractivity contribution in [2.45, 2.75) is 26.3 Å². The van der Waals surface area contributed by atoms with Crippen LogP contribution in [-0.2, 0) is 18.4 Å². The number of carbonyl (C=O) groups excluding carboxylic acids is 2. The van der Waals surface area contributed by atoms with Crippen LogP contribution in [0.2, 0.25) is 0 Å². The van der Waals surface area contributed by atoms with Gasteiger partial charge in [-0.25, -0.2) is 13.8 Å². The third-order valence-corrected chi connectivity index (χ3v) is 7.02. The topological polar surface area (TPSA) is 164 Å². The van der Waals surface area contributed by atoms with Gasteiger partial charge in [0.2, 0.25) is 5.91 Å². The number of fused-ring (bicyclic) bond motifs is 1. The van der Waals surface area contributed by atoms with E-state index in [2.05, 4.69) is 36.4 Å². The Balaban J connectivity index is 1.75. The van der Waals surface area contributed by atoms with E-state index in [1.165, 1.54) is 23.1 Å². The van der Waals surface area contributed by atoms with E-state index in [4.69, 9.17) is 5.73 Å². The lowest BCUT2D eigenvalue weighted by Crippen LogP contribution is -2.18.